The second-order valence-corrected chi connectivity index (χ2v) is 7.06. The minimum Gasteiger partial charge on any atom is -0.267 e. The molecule has 0 bridgehead atoms. The fourth-order valence-electron chi connectivity index (χ4n) is 3.28. The highest BCUT2D eigenvalue weighted by Crippen LogP contribution is 2.23. The maximum absolute atomic E-state index is 13.2. The standard InChI is InChI=1S/C23H21N3O/c1-16(2)14-21-23(27)26(22-20(25-21)12-7-13-24-22)19-11-6-10-18(15-19)17-8-4-3-5-9-17/h3-13,15-16H,14H2,1-2H3. The Labute approximate surface area is 158 Å². The molecular weight excluding hydrogens is 334 g/mol. The highest BCUT2D eigenvalue weighted by atomic mass is 16.1. The van der Waals surface area contributed by atoms with E-state index in [-0.39, 0.29) is 5.56 Å². The maximum atomic E-state index is 13.2. The molecule has 134 valence electrons. The Morgan fingerprint density at radius 1 is 0.926 bits per heavy atom. The molecule has 0 aliphatic heterocycles. The van der Waals surface area contributed by atoms with Crippen LogP contribution in [0, 0.1) is 5.92 Å². The van der Waals surface area contributed by atoms with Gasteiger partial charge in [0.05, 0.1) is 5.69 Å². The molecule has 4 rings (SSSR count). The van der Waals surface area contributed by atoms with Crippen molar-refractivity contribution in [2.45, 2.75) is 20.3 Å². The van der Waals surface area contributed by atoms with Gasteiger partial charge in [-0.15, -0.1) is 0 Å². The van der Waals surface area contributed by atoms with E-state index in [4.69, 9.17) is 0 Å². The van der Waals surface area contributed by atoms with Crippen molar-refractivity contribution in [3.63, 3.8) is 0 Å². The van der Waals surface area contributed by atoms with Crippen molar-refractivity contribution >= 4 is 11.2 Å². The smallest absolute Gasteiger partial charge is 0.267 e. The summed E-state index contributed by atoms with van der Waals surface area (Å²) in [5.74, 6) is 0.350. The summed E-state index contributed by atoms with van der Waals surface area (Å²) in [6.45, 7) is 4.18. The molecule has 4 heteroatoms. The van der Waals surface area contributed by atoms with Gasteiger partial charge in [0.1, 0.15) is 11.2 Å². The third-order valence-electron chi connectivity index (χ3n) is 4.50. The number of hydrogen-bond donors (Lipinski definition) is 0. The van der Waals surface area contributed by atoms with E-state index in [0.717, 1.165) is 22.3 Å². The number of pyridine rings is 1. The van der Waals surface area contributed by atoms with Gasteiger partial charge in [0.15, 0.2) is 5.65 Å². The van der Waals surface area contributed by atoms with Crippen LogP contribution in [0.1, 0.15) is 19.5 Å². The van der Waals surface area contributed by atoms with Crippen LogP contribution < -0.4 is 5.56 Å². The quantitative estimate of drug-likeness (QED) is 0.535. The number of fused-ring (bicyclic) bond motifs is 1. The minimum atomic E-state index is -0.0971. The average molecular weight is 355 g/mol. The van der Waals surface area contributed by atoms with Crippen LogP contribution >= 0.6 is 0 Å². The van der Waals surface area contributed by atoms with Crippen molar-refractivity contribution in [1.82, 2.24) is 14.5 Å². The SMILES string of the molecule is CC(C)Cc1nc2cccnc2n(-c2cccc(-c3ccccc3)c2)c1=O. The molecule has 0 radical (unpaired) electrons. The van der Waals surface area contributed by atoms with Crippen LogP contribution in [0.3, 0.4) is 0 Å². The molecule has 0 aliphatic carbocycles. The summed E-state index contributed by atoms with van der Waals surface area (Å²) in [7, 11) is 0. The maximum Gasteiger partial charge on any atom is 0.278 e. The second-order valence-electron chi connectivity index (χ2n) is 7.06. The predicted octanol–water partition coefficient (Wildman–Crippen LogP) is 4.65. The van der Waals surface area contributed by atoms with E-state index in [2.05, 4.69) is 42.0 Å². The van der Waals surface area contributed by atoms with Crippen molar-refractivity contribution < 1.29 is 0 Å². The number of benzene rings is 2. The first kappa shape index (κ1) is 17.2. The van der Waals surface area contributed by atoms with E-state index in [1.165, 1.54) is 0 Å². The lowest BCUT2D eigenvalue weighted by Crippen LogP contribution is -2.26. The highest BCUT2D eigenvalue weighted by Gasteiger charge is 2.15. The van der Waals surface area contributed by atoms with Crippen LogP contribution in [0.4, 0.5) is 0 Å². The first-order valence-electron chi connectivity index (χ1n) is 9.16. The van der Waals surface area contributed by atoms with Crippen molar-refractivity contribution in [3.8, 4) is 16.8 Å². The van der Waals surface area contributed by atoms with Gasteiger partial charge in [-0.05, 0) is 47.7 Å². The van der Waals surface area contributed by atoms with Crippen molar-refractivity contribution in [3.05, 3.63) is 89.0 Å². The van der Waals surface area contributed by atoms with Gasteiger partial charge >= 0.3 is 0 Å². The Bertz CT molecular complexity index is 1150. The Morgan fingerprint density at radius 2 is 1.70 bits per heavy atom. The van der Waals surface area contributed by atoms with E-state index in [1.54, 1.807) is 10.8 Å². The van der Waals surface area contributed by atoms with E-state index in [0.29, 0.717) is 23.7 Å². The average Bonchev–Trinajstić information content (AvgIpc) is 2.69. The van der Waals surface area contributed by atoms with Gasteiger partial charge in [-0.25, -0.2) is 9.97 Å². The van der Waals surface area contributed by atoms with Gasteiger partial charge < -0.3 is 0 Å². The van der Waals surface area contributed by atoms with Crippen LogP contribution in [0.5, 0.6) is 0 Å². The van der Waals surface area contributed by atoms with Gasteiger partial charge in [0, 0.05) is 6.20 Å². The third kappa shape index (κ3) is 3.38. The zero-order chi connectivity index (χ0) is 18.8. The van der Waals surface area contributed by atoms with Crippen molar-refractivity contribution in [1.29, 1.82) is 0 Å². The normalized spacial score (nSPS) is 11.2. The zero-order valence-electron chi connectivity index (χ0n) is 15.5. The minimum absolute atomic E-state index is 0.0971. The Balaban J connectivity index is 1.96. The Morgan fingerprint density at radius 3 is 2.48 bits per heavy atom. The summed E-state index contributed by atoms with van der Waals surface area (Å²) in [4.78, 5) is 22.3. The summed E-state index contributed by atoms with van der Waals surface area (Å²) in [5.41, 5.74) is 4.78. The Hall–Kier alpha value is -3.27. The predicted molar refractivity (Wildman–Crippen MR) is 109 cm³/mol. The fourth-order valence-corrected chi connectivity index (χ4v) is 3.28. The van der Waals surface area contributed by atoms with Crippen molar-refractivity contribution in [2.75, 3.05) is 0 Å². The third-order valence-corrected chi connectivity index (χ3v) is 4.50. The number of hydrogen-bond acceptors (Lipinski definition) is 3. The summed E-state index contributed by atoms with van der Waals surface area (Å²) >= 11 is 0. The summed E-state index contributed by atoms with van der Waals surface area (Å²) in [6, 6.07) is 21.9. The molecule has 0 atom stereocenters. The van der Waals surface area contributed by atoms with E-state index < -0.39 is 0 Å². The lowest BCUT2D eigenvalue weighted by molar-refractivity contribution is 0.628. The van der Waals surface area contributed by atoms with E-state index >= 15 is 0 Å². The molecule has 0 unspecified atom stereocenters. The van der Waals surface area contributed by atoms with Gasteiger partial charge in [-0.2, -0.15) is 0 Å². The number of aromatic nitrogens is 3. The lowest BCUT2D eigenvalue weighted by atomic mass is 10.0. The number of rotatable bonds is 4. The molecule has 2 aromatic heterocycles. The summed E-state index contributed by atoms with van der Waals surface area (Å²) in [6.07, 6.45) is 2.34. The molecule has 2 aromatic carbocycles. The molecule has 0 fully saturated rings. The molecule has 27 heavy (non-hydrogen) atoms. The highest BCUT2D eigenvalue weighted by molar-refractivity contribution is 5.73. The van der Waals surface area contributed by atoms with E-state index in [9.17, 15) is 4.79 Å². The molecule has 4 aromatic rings. The molecule has 0 saturated carbocycles. The van der Waals surface area contributed by atoms with Crippen LogP contribution in [0.15, 0.2) is 77.7 Å². The van der Waals surface area contributed by atoms with Gasteiger partial charge in [0.2, 0.25) is 0 Å². The fraction of sp³-hybridized carbons (Fsp3) is 0.174. The molecule has 0 amide bonds. The Kier molecular flexibility index (Phi) is 4.55. The molecule has 4 nitrogen and oxygen atoms in total. The van der Waals surface area contributed by atoms with Crippen LogP contribution in [0.2, 0.25) is 0 Å². The largest absolute Gasteiger partial charge is 0.278 e. The first-order chi connectivity index (χ1) is 13.1. The topological polar surface area (TPSA) is 47.8 Å². The van der Waals surface area contributed by atoms with Crippen LogP contribution in [0.25, 0.3) is 28.0 Å². The van der Waals surface area contributed by atoms with Gasteiger partial charge in [0.25, 0.3) is 5.56 Å². The van der Waals surface area contributed by atoms with Crippen molar-refractivity contribution in [2.24, 2.45) is 5.92 Å². The molecule has 0 saturated heterocycles. The lowest BCUT2D eigenvalue weighted by Gasteiger charge is -2.13. The summed E-state index contributed by atoms with van der Waals surface area (Å²) in [5, 5.41) is 0. The molecule has 0 spiro atoms. The molecular formula is C23H21N3O. The van der Waals surface area contributed by atoms with E-state index in [1.807, 2.05) is 48.5 Å². The van der Waals surface area contributed by atoms with Gasteiger partial charge in [-0.3, -0.25) is 9.36 Å². The first-order valence-corrected chi connectivity index (χ1v) is 9.16. The second kappa shape index (κ2) is 7.16. The van der Waals surface area contributed by atoms with Crippen LogP contribution in [-0.2, 0) is 6.42 Å². The zero-order valence-corrected chi connectivity index (χ0v) is 15.5. The monoisotopic (exact) mass is 355 g/mol. The molecule has 0 N–H and O–H groups in total. The van der Waals surface area contributed by atoms with Gasteiger partial charge in [-0.1, -0.05) is 56.3 Å². The van der Waals surface area contributed by atoms with Crippen LogP contribution in [-0.4, -0.2) is 14.5 Å². The number of nitrogens with zero attached hydrogens (tertiary/aromatic N) is 3. The molecule has 0 aliphatic rings. The molecule has 2 heterocycles. The summed E-state index contributed by atoms with van der Waals surface area (Å²) < 4.78 is 1.69.